The van der Waals surface area contributed by atoms with Crippen LogP contribution in [-0.4, -0.2) is 43.9 Å². The molecule has 2 aliphatic rings. The maximum atomic E-state index is 13.1. The number of nitrogens with zero attached hydrogens (tertiary/aromatic N) is 2. The first-order chi connectivity index (χ1) is 16.5. The monoisotopic (exact) mass is 480 g/mol. The van der Waals surface area contributed by atoms with Gasteiger partial charge in [-0.15, -0.1) is 10.2 Å². The molecule has 3 aromatic rings. The van der Waals surface area contributed by atoms with E-state index in [4.69, 9.17) is 4.74 Å². The van der Waals surface area contributed by atoms with Crippen LogP contribution >= 0.6 is 0 Å². The van der Waals surface area contributed by atoms with Crippen LogP contribution < -0.4 is 10.0 Å². The molecule has 34 heavy (non-hydrogen) atoms. The maximum absolute atomic E-state index is 13.1. The Morgan fingerprint density at radius 2 is 1.76 bits per heavy atom. The minimum Gasteiger partial charge on any atom is -0.377 e. The highest BCUT2D eigenvalue weighted by atomic mass is 32.2. The molecule has 2 fully saturated rings. The number of anilines is 1. The van der Waals surface area contributed by atoms with Gasteiger partial charge in [-0.3, -0.25) is 0 Å². The van der Waals surface area contributed by atoms with Gasteiger partial charge in [-0.1, -0.05) is 55.7 Å². The second kappa shape index (κ2) is 9.98. The zero-order valence-corrected chi connectivity index (χ0v) is 20.4. The third kappa shape index (κ3) is 4.94. The lowest BCUT2D eigenvalue weighted by Gasteiger charge is -2.24. The van der Waals surface area contributed by atoms with Crippen molar-refractivity contribution >= 4 is 26.6 Å². The molecule has 1 atom stereocenters. The first-order valence-corrected chi connectivity index (χ1v) is 13.7. The quantitative estimate of drug-likeness (QED) is 0.504. The first kappa shape index (κ1) is 23.2. The predicted octanol–water partition coefficient (Wildman–Crippen LogP) is 4.81. The molecule has 5 rings (SSSR count). The van der Waals surface area contributed by atoms with Crippen molar-refractivity contribution < 1.29 is 13.2 Å². The molecule has 1 aliphatic heterocycles. The number of rotatable bonds is 7. The summed E-state index contributed by atoms with van der Waals surface area (Å²) in [6.07, 6.45) is 7.86. The van der Waals surface area contributed by atoms with Crippen molar-refractivity contribution in [2.24, 2.45) is 0 Å². The SMILES string of the molecule is Cc1ccc(-c2nnc(NC3CCCCC3)c3ccccc23)cc1S(=O)(=O)NC[C@@H]1CCCO1. The fourth-order valence-corrected chi connectivity index (χ4v) is 6.32. The summed E-state index contributed by atoms with van der Waals surface area (Å²) >= 11 is 0. The molecule has 180 valence electrons. The van der Waals surface area contributed by atoms with Crippen molar-refractivity contribution in [1.29, 1.82) is 0 Å². The summed E-state index contributed by atoms with van der Waals surface area (Å²) in [6, 6.07) is 13.9. The van der Waals surface area contributed by atoms with E-state index >= 15 is 0 Å². The number of hydrogen-bond donors (Lipinski definition) is 2. The molecule has 1 saturated carbocycles. The Balaban J connectivity index is 1.47. The predicted molar refractivity (Wildman–Crippen MR) is 134 cm³/mol. The highest BCUT2D eigenvalue weighted by Gasteiger charge is 2.23. The Labute approximate surface area is 201 Å². The van der Waals surface area contributed by atoms with E-state index < -0.39 is 10.0 Å². The number of ether oxygens (including phenoxy) is 1. The fourth-order valence-electron chi connectivity index (χ4n) is 4.99. The Bertz CT molecular complexity index is 1270. The Morgan fingerprint density at radius 3 is 2.53 bits per heavy atom. The Kier molecular flexibility index (Phi) is 6.81. The van der Waals surface area contributed by atoms with E-state index in [2.05, 4.69) is 20.2 Å². The molecule has 7 nitrogen and oxygen atoms in total. The van der Waals surface area contributed by atoms with E-state index in [1.807, 2.05) is 43.3 Å². The molecule has 0 unspecified atom stereocenters. The van der Waals surface area contributed by atoms with Gasteiger partial charge < -0.3 is 10.1 Å². The molecule has 2 N–H and O–H groups in total. The van der Waals surface area contributed by atoms with E-state index in [-0.39, 0.29) is 17.5 Å². The van der Waals surface area contributed by atoms with Gasteiger partial charge in [0, 0.05) is 35.5 Å². The van der Waals surface area contributed by atoms with Crippen molar-refractivity contribution in [3.8, 4) is 11.3 Å². The summed E-state index contributed by atoms with van der Waals surface area (Å²) < 4.78 is 34.5. The van der Waals surface area contributed by atoms with Crippen molar-refractivity contribution in [1.82, 2.24) is 14.9 Å². The van der Waals surface area contributed by atoms with Crippen LogP contribution in [0.5, 0.6) is 0 Å². The van der Waals surface area contributed by atoms with E-state index in [9.17, 15) is 8.42 Å². The van der Waals surface area contributed by atoms with Crippen LogP contribution in [0.3, 0.4) is 0 Å². The summed E-state index contributed by atoms with van der Waals surface area (Å²) in [5.41, 5.74) is 2.10. The first-order valence-electron chi connectivity index (χ1n) is 12.3. The van der Waals surface area contributed by atoms with Gasteiger partial charge in [0.05, 0.1) is 11.0 Å². The number of aromatic nitrogens is 2. The van der Waals surface area contributed by atoms with Gasteiger partial charge in [-0.2, -0.15) is 0 Å². The normalized spacial score (nSPS) is 19.5. The fraction of sp³-hybridized carbons (Fsp3) is 0.462. The Hall–Kier alpha value is -2.55. The van der Waals surface area contributed by atoms with Gasteiger partial charge in [-0.05, 0) is 44.2 Å². The molecule has 1 aliphatic carbocycles. The number of aryl methyl sites for hydroxylation is 1. The summed E-state index contributed by atoms with van der Waals surface area (Å²) in [5, 5.41) is 14.6. The van der Waals surface area contributed by atoms with Crippen molar-refractivity contribution in [2.75, 3.05) is 18.5 Å². The highest BCUT2D eigenvalue weighted by molar-refractivity contribution is 7.89. The zero-order chi connectivity index (χ0) is 23.5. The van der Waals surface area contributed by atoms with Crippen molar-refractivity contribution in [3.63, 3.8) is 0 Å². The molecule has 0 bridgehead atoms. The number of hydrogen-bond acceptors (Lipinski definition) is 6. The van der Waals surface area contributed by atoms with E-state index in [0.29, 0.717) is 23.9 Å². The molecule has 0 spiro atoms. The van der Waals surface area contributed by atoms with Gasteiger partial charge in [-0.25, -0.2) is 13.1 Å². The molecular weight excluding hydrogens is 448 g/mol. The van der Waals surface area contributed by atoms with Gasteiger partial charge in [0.15, 0.2) is 5.82 Å². The minimum atomic E-state index is -3.68. The maximum Gasteiger partial charge on any atom is 0.240 e. The van der Waals surface area contributed by atoms with Crippen LogP contribution in [0.2, 0.25) is 0 Å². The molecule has 2 aromatic carbocycles. The van der Waals surface area contributed by atoms with Crippen LogP contribution in [0, 0.1) is 6.92 Å². The van der Waals surface area contributed by atoms with Crippen LogP contribution in [0.4, 0.5) is 5.82 Å². The van der Waals surface area contributed by atoms with Gasteiger partial charge >= 0.3 is 0 Å². The summed E-state index contributed by atoms with van der Waals surface area (Å²) in [5.74, 6) is 0.796. The topological polar surface area (TPSA) is 93.2 Å². The number of benzene rings is 2. The number of sulfonamides is 1. The lowest BCUT2D eigenvalue weighted by molar-refractivity contribution is 0.114. The largest absolute Gasteiger partial charge is 0.377 e. The molecular formula is C26H32N4O3S. The van der Waals surface area contributed by atoms with E-state index in [1.165, 1.54) is 19.3 Å². The zero-order valence-electron chi connectivity index (χ0n) is 19.6. The summed E-state index contributed by atoms with van der Waals surface area (Å²) in [4.78, 5) is 0.262. The van der Waals surface area contributed by atoms with Gasteiger partial charge in [0.2, 0.25) is 10.0 Å². The van der Waals surface area contributed by atoms with Crippen LogP contribution in [0.25, 0.3) is 22.0 Å². The summed E-state index contributed by atoms with van der Waals surface area (Å²) in [6.45, 7) is 2.79. The lowest BCUT2D eigenvalue weighted by Crippen LogP contribution is -2.32. The van der Waals surface area contributed by atoms with Crippen LogP contribution in [0.1, 0.15) is 50.5 Å². The summed E-state index contributed by atoms with van der Waals surface area (Å²) in [7, 11) is -3.68. The second-order valence-corrected chi connectivity index (χ2v) is 11.1. The Morgan fingerprint density at radius 1 is 0.971 bits per heavy atom. The number of fused-ring (bicyclic) bond motifs is 1. The molecule has 8 heteroatoms. The van der Waals surface area contributed by atoms with Gasteiger partial charge in [0.25, 0.3) is 0 Å². The van der Waals surface area contributed by atoms with Gasteiger partial charge in [0.1, 0.15) is 5.69 Å². The van der Waals surface area contributed by atoms with E-state index in [0.717, 1.165) is 47.8 Å². The highest BCUT2D eigenvalue weighted by Crippen LogP contribution is 2.33. The van der Waals surface area contributed by atoms with Crippen molar-refractivity contribution in [2.45, 2.75) is 68.9 Å². The smallest absolute Gasteiger partial charge is 0.240 e. The molecule has 2 heterocycles. The van der Waals surface area contributed by atoms with Crippen LogP contribution in [-0.2, 0) is 14.8 Å². The molecule has 0 radical (unpaired) electrons. The molecule has 1 saturated heterocycles. The number of nitrogens with one attached hydrogen (secondary N) is 2. The average Bonchev–Trinajstić information content (AvgIpc) is 3.38. The lowest BCUT2D eigenvalue weighted by atomic mass is 9.95. The molecule has 0 amide bonds. The van der Waals surface area contributed by atoms with Crippen molar-refractivity contribution in [3.05, 3.63) is 48.0 Å². The van der Waals surface area contributed by atoms with Crippen LogP contribution in [0.15, 0.2) is 47.4 Å². The third-order valence-electron chi connectivity index (χ3n) is 6.91. The third-order valence-corrected chi connectivity index (χ3v) is 8.47. The standard InChI is InChI=1S/C26H32N4O3S/c1-18-13-14-19(16-24(18)34(31,32)27-17-21-10-7-15-33-21)25-22-11-5-6-12-23(22)26(30-29-25)28-20-8-3-2-4-9-20/h5-6,11-14,16,20-21,27H,2-4,7-10,15,17H2,1H3,(H,28,30)/t21-/m0/s1. The average molecular weight is 481 g/mol. The second-order valence-electron chi connectivity index (χ2n) is 9.39. The van der Waals surface area contributed by atoms with E-state index in [1.54, 1.807) is 6.07 Å². The molecule has 1 aromatic heterocycles. The minimum absolute atomic E-state index is 0.0581.